The normalized spacial score (nSPS) is 14.2. The average Bonchev–Trinajstić information content (AvgIpc) is 2.58. The van der Waals surface area contributed by atoms with Crippen LogP contribution in [0.1, 0.15) is 51.6 Å². The largest absolute Gasteiger partial charge is 0.467 e. The smallest absolute Gasteiger partial charge is 0.333 e. The van der Waals surface area contributed by atoms with Gasteiger partial charge in [0, 0.05) is 6.92 Å². The summed E-state index contributed by atoms with van der Waals surface area (Å²) in [6.07, 6.45) is 1.34. The van der Waals surface area contributed by atoms with Crippen LogP contribution in [0.5, 0.6) is 0 Å². The number of hydrogen-bond acceptors (Lipinski definition) is 5. The summed E-state index contributed by atoms with van der Waals surface area (Å²) < 4.78 is 10.1. The van der Waals surface area contributed by atoms with Gasteiger partial charge in [-0.25, -0.2) is 4.79 Å². The van der Waals surface area contributed by atoms with Crippen molar-refractivity contribution in [2.75, 3.05) is 7.11 Å². The number of hydrogen-bond donors (Lipinski definition) is 1. The van der Waals surface area contributed by atoms with Gasteiger partial charge in [0.1, 0.15) is 0 Å². The number of benzene rings is 1. The number of carbonyl (C=O) groups excluding carboxylic acids is 3. The van der Waals surface area contributed by atoms with E-state index in [9.17, 15) is 14.4 Å². The molecule has 0 fully saturated rings. The molecule has 0 bridgehead atoms. The van der Waals surface area contributed by atoms with Crippen LogP contribution >= 0.6 is 0 Å². The average molecular weight is 335 g/mol. The standard InChI is InChI=1S/C18H25NO5/c1-5-12-18(6-2,24-13(3)20)17(22)19-15(16(21)23-4)14-10-8-7-9-11-14/h7-11,15H,5-6,12H2,1-4H3,(H,19,22)/t15-,18-/m0/s1. The highest BCUT2D eigenvalue weighted by Gasteiger charge is 2.41. The van der Waals surface area contributed by atoms with Gasteiger partial charge >= 0.3 is 11.9 Å². The quantitative estimate of drug-likeness (QED) is 0.738. The molecule has 24 heavy (non-hydrogen) atoms. The summed E-state index contributed by atoms with van der Waals surface area (Å²) in [5.74, 6) is -1.62. The van der Waals surface area contributed by atoms with Crippen molar-refractivity contribution in [3.05, 3.63) is 35.9 Å². The third-order valence-corrected chi connectivity index (χ3v) is 3.82. The van der Waals surface area contributed by atoms with Crippen LogP contribution in [0.4, 0.5) is 0 Å². The second kappa shape index (κ2) is 9.05. The lowest BCUT2D eigenvalue weighted by Gasteiger charge is -2.32. The van der Waals surface area contributed by atoms with E-state index in [1.165, 1.54) is 14.0 Å². The van der Waals surface area contributed by atoms with Gasteiger partial charge in [-0.2, -0.15) is 0 Å². The fourth-order valence-electron chi connectivity index (χ4n) is 2.60. The first-order chi connectivity index (χ1) is 11.4. The zero-order chi connectivity index (χ0) is 18.2. The van der Waals surface area contributed by atoms with E-state index in [0.717, 1.165) is 0 Å². The maximum atomic E-state index is 12.8. The molecular weight excluding hydrogens is 310 g/mol. The summed E-state index contributed by atoms with van der Waals surface area (Å²) in [7, 11) is 1.26. The molecule has 1 amide bonds. The van der Waals surface area contributed by atoms with E-state index in [1.807, 2.05) is 13.0 Å². The summed E-state index contributed by atoms with van der Waals surface area (Å²) in [4.78, 5) is 36.4. The fourth-order valence-corrected chi connectivity index (χ4v) is 2.60. The Kier molecular flexibility index (Phi) is 7.42. The second-order valence-corrected chi connectivity index (χ2v) is 5.53. The van der Waals surface area contributed by atoms with Gasteiger partial charge < -0.3 is 14.8 Å². The van der Waals surface area contributed by atoms with E-state index in [0.29, 0.717) is 24.8 Å². The van der Waals surface area contributed by atoms with Crippen molar-refractivity contribution in [3.8, 4) is 0 Å². The predicted octanol–water partition coefficient (Wildman–Crippen LogP) is 2.53. The van der Waals surface area contributed by atoms with E-state index < -0.39 is 29.5 Å². The third kappa shape index (κ3) is 4.81. The fraction of sp³-hybridized carbons (Fsp3) is 0.500. The summed E-state index contributed by atoms with van der Waals surface area (Å²) in [6, 6.07) is 7.83. The van der Waals surface area contributed by atoms with Gasteiger partial charge in [0.2, 0.25) is 0 Å². The van der Waals surface area contributed by atoms with Crippen LogP contribution in [0.3, 0.4) is 0 Å². The molecular formula is C18H25NO5. The number of ether oxygens (including phenoxy) is 2. The van der Waals surface area contributed by atoms with E-state index in [4.69, 9.17) is 9.47 Å². The third-order valence-electron chi connectivity index (χ3n) is 3.82. The lowest BCUT2D eigenvalue weighted by molar-refractivity contribution is -0.169. The Bertz CT molecular complexity index is 572. The Morgan fingerprint density at radius 3 is 2.25 bits per heavy atom. The highest BCUT2D eigenvalue weighted by Crippen LogP contribution is 2.25. The SMILES string of the molecule is CCC[C@](CC)(OC(C)=O)C(=O)N[C@H](C(=O)OC)c1ccccc1. The molecule has 0 aliphatic carbocycles. The van der Waals surface area contributed by atoms with Crippen molar-refractivity contribution in [1.29, 1.82) is 0 Å². The first-order valence-electron chi connectivity index (χ1n) is 8.03. The Labute approximate surface area is 142 Å². The first kappa shape index (κ1) is 19.7. The lowest BCUT2D eigenvalue weighted by atomic mass is 9.92. The van der Waals surface area contributed by atoms with Crippen molar-refractivity contribution in [2.24, 2.45) is 0 Å². The van der Waals surface area contributed by atoms with Gasteiger partial charge in [-0.1, -0.05) is 50.6 Å². The van der Waals surface area contributed by atoms with Gasteiger partial charge in [-0.3, -0.25) is 9.59 Å². The van der Waals surface area contributed by atoms with E-state index in [-0.39, 0.29) is 0 Å². The summed E-state index contributed by atoms with van der Waals surface area (Å²) >= 11 is 0. The molecule has 0 radical (unpaired) electrons. The predicted molar refractivity (Wildman–Crippen MR) is 89.0 cm³/mol. The monoisotopic (exact) mass is 335 g/mol. The van der Waals surface area contributed by atoms with Crippen molar-refractivity contribution in [1.82, 2.24) is 5.32 Å². The molecule has 0 spiro atoms. The van der Waals surface area contributed by atoms with E-state index >= 15 is 0 Å². The number of carbonyl (C=O) groups is 3. The van der Waals surface area contributed by atoms with Crippen LogP contribution < -0.4 is 5.32 Å². The van der Waals surface area contributed by atoms with Gasteiger partial charge in [0.25, 0.3) is 5.91 Å². The van der Waals surface area contributed by atoms with Crippen LogP contribution in [-0.4, -0.2) is 30.6 Å². The molecule has 0 unspecified atom stereocenters. The van der Waals surface area contributed by atoms with Crippen LogP contribution in [0.2, 0.25) is 0 Å². The zero-order valence-electron chi connectivity index (χ0n) is 14.6. The maximum Gasteiger partial charge on any atom is 0.333 e. The highest BCUT2D eigenvalue weighted by molar-refractivity contribution is 5.91. The van der Waals surface area contributed by atoms with Crippen molar-refractivity contribution in [3.63, 3.8) is 0 Å². The Hall–Kier alpha value is -2.37. The second-order valence-electron chi connectivity index (χ2n) is 5.53. The summed E-state index contributed by atoms with van der Waals surface area (Å²) in [5, 5.41) is 2.68. The lowest BCUT2D eigenvalue weighted by Crippen LogP contribution is -2.51. The minimum Gasteiger partial charge on any atom is -0.467 e. The molecule has 2 atom stereocenters. The molecule has 1 N–H and O–H groups in total. The molecule has 1 rings (SSSR count). The number of esters is 2. The molecule has 0 aliphatic heterocycles. The van der Waals surface area contributed by atoms with Crippen LogP contribution in [0, 0.1) is 0 Å². The van der Waals surface area contributed by atoms with E-state index in [2.05, 4.69) is 5.32 Å². The molecule has 0 heterocycles. The molecule has 6 nitrogen and oxygen atoms in total. The number of amides is 1. The van der Waals surface area contributed by atoms with Crippen LogP contribution in [-0.2, 0) is 23.9 Å². The van der Waals surface area contributed by atoms with Gasteiger partial charge in [0.05, 0.1) is 7.11 Å². The van der Waals surface area contributed by atoms with Crippen LogP contribution in [0.25, 0.3) is 0 Å². The molecule has 0 aliphatic rings. The molecule has 1 aromatic carbocycles. The van der Waals surface area contributed by atoms with Crippen molar-refractivity contribution >= 4 is 17.8 Å². The van der Waals surface area contributed by atoms with E-state index in [1.54, 1.807) is 31.2 Å². The topological polar surface area (TPSA) is 81.7 Å². The van der Waals surface area contributed by atoms with Crippen molar-refractivity contribution in [2.45, 2.75) is 51.7 Å². The molecule has 0 saturated carbocycles. The Balaban J connectivity index is 3.12. The minimum absolute atomic E-state index is 0.314. The molecule has 0 aromatic heterocycles. The molecule has 6 heteroatoms. The molecule has 1 aromatic rings. The number of methoxy groups -OCH3 is 1. The maximum absolute atomic E-state index is 12.8. The molecule has 132 valence electrons. The zero-order valence-corrected chi connectivity index (χ0v) is 14.6. The van der Waals surface area contributed by atoms with Crippen LogP contribution in [0.15, 0.2) is 30.3 Å². The van der Waals surface area contributed by atoms with Gasteiger partial charge in [-0.15, -0.1) is 0 Å². The van der Waals surface area contributed by atoms with Gasteiger partial charge in [-0.05, 0) is 18.4 Å². The summed E-state index contributed by atoms with van der Waals surface area (Å²) in [6.45, 7) is 4.94. The number of nitrogens with one attached hydrogen (secondary N) is 1. The van der Waals surface area contributed by atoms with Gasteiger partial charge in [0.15, 0.2) is 11.6 Å². The first-order valence-corrected chi connectivity index (χ1v) is 8.03. The Morgan fingerprint density at radius 2 is 1.79 bits per heavy atom. The highest BCUT2D eigenvalue weighted by atomic mass is 16.6. The molecule has 0 saturated heterocycles. The van der Waals surface area contributed by atoms with Crippen molar-refractivity contribution < 1.29 is 23.9 Å². The Morgan fingerprint density at radius 1 is 1.17 bits per heavy atom. The minimum atomic E-state index is -1.29. The summed E-state index contributed by atoms with van der Waals surface area (Å²) in [5.41, 5.74) is -0.691. The number of rotatable bonds is 8.